The third-order valence-corrected chi connectivity index (χ3v) is 3.03. The maximum absolute atomic E-state index is 10.0. The van der Waals surface area contributed by atoms with Gasteiger partial charge in [-0.25, -0.2) is 0 Å². The maximum Gasteiger partial charge on any atom is 0.130 e. The predicted molar refractivity (Wildman–Crippen MR) is 66.7 cm³/mol. The number of aliphatic hydroxyl groups is 1. The summed E-state index contributed by atoms with van der Waals surface area (Å²) in [4.78, 5) is 0. The Hall–Kier alpha value is -0.540. The van der Waals surface area contributed by atoms with Gasteiger partial charge in [0.1, 0.15) is 5.15 Å². The lowest BCUT2D eigenvalue weighted by atomic mass is 9.87. The Morgan fingerprint density at radius 1 is 1.44 bits per heavy atom. The number of hydrogen-bond acceptors (Lipinski definition) is 2. The fourth-order valence-corrected chi connectivity index (χ4v) is 2.17. The Morgan fingerprint density at radius 2 is 2.00 bits per heavy atom. The van der Waals surface area contributed by atoms with Crippen LogP contribution in [0.15, 0.2) is 0 Å². The van der Waals surface area contributed by atoms with Crippen LogP contribution in [0.25, 0.3) is 0 Å². The summed E-state index contributed by atoms with van der Waals surface area (Å²) in [5.74, 6) is 0. The zero-order chi connectivity index (χ0) is 12.5. The summed E-state index contributed by atoms with van der Waals surface area (Å²) in [5.41, 5.74) is 1.99. The van der Waals surface area contributed by atoms with Crippen molar-refractivity contribution >= 4 is 11.6 Å². The molecule has 1 heterocycles. The highest BCUT2D eigenvalue weighted by Crippen LogP contribution is 2.26. The number of halogens is 1. The standard InChI is InChI=1S/C12H21ClN2O/c1-8-10(11(13)15(5)14-8)6-9(16)7-12(2,3)4/h9,16H,6-7H2,1-5H3. The SMILES string of the molecule is Cc1nn(C)c(Cl)c1CC(O)CC(C)(C)C. The molecular weight excluding hydrogens is 224 g/mol. The smallest absolute Gasteiger partial charge is 0.130 e. The van der Waals surface area contributed by atoms with Crippen LogP contribution in [0.1, 0.15) is 38.4 Å². The van der Waals surface area contributed by atoms with E-state index in [1.807, 2.05) is 14.0 Å². The van der Waals surface area contributed by atoms with E-state index in [4.69, 9.17) is 11.6 Å². The first-order valence-corrected chi connectivity index (χ1v) is 5.94. The molecule has 0 aliphatic carbocycles. The quantitative estimate of drug-likeness (QED) is 0.888. The van der Waals surface area contributed by atoms with E-state index in [1.165, 1.54) is 0 Å². The summed E-state index contributed by atoms with van der Waals surface area (Å²) in [6.07, 6.45) is 0.980. The molecule has 4 heteroatoms. The highest BCUT2D eigenvalue weighted by Gasteiger charge is 2.20. The van der Waals surface area contributed by atoms with Crippen LogP contribution in [-0.2, 0) is 13.5 Å². The molecule has 0 saturated heterocycles. The Morgan fingerprint density at radius 3 is 2.38 bits per heavy atom. The number of hydrogen-bond donors (Lipinski definition) is 1. The second-order valence-corrected chi connectivity index (χ2v) is 5.96. The normalized spacial score (nSPS) is 14.2. The lowest BCUT2D eigenvalue weighted by molar-refractivity contribution is 0.121. The molecule has 0 saturated carbocycles. The minimum atomic E-state index is -0.361. The van der Waals surface area contributed by atoms with Gasteiger partial charge in [0.2, 0.25) is 0 Å². The highest BCUT2D eigenvalue weighted by atomic mass is 35.5. The van der Waals surface area contributed by atoms with Crippen LogP contribution in [0, 0.1) is 12.3 Å². The maximum atomic E-state index is 10.0. The minimum Gasteiger partial charge on any atom is -0.393 e. The van der Waals surface area contributed by atoms with E-state index in [2.05, 4.69) is 25.9 Å². The third kappa shape index (κ3) is 3.49. The van der Waals surface area contributed by atoms with Crippen molar-refractivity contribution < 1.29 is 5.11 Å². The van der Waals surface area contributed by atoms with E-state index in [0.717, 1.165) is 17.7 Å². The number of aliphatic hydroxyl groups excluding tert-OH is 1. The molecule has 0 fully saturated rings. The van der Waals surface area contributed by atoms with Gasteiger partial charge in [0.05, 0.1) is 11.8 Å². The highest BCUT2D eigenvalue weighted by molar-refractivity contribution is 6.30. The van der Waals surface area contributed by atoms with Gasteiger partial charge < -0.3 is 5.11 Å². The van der Waals surface area contributed by atoms with Crippen molar-refractivity contribution in [2.45, 2.75) is 46.6 Å². The van der Waals surface area contributed by atoms with Gasteiger partial charge in [-0.1, -0.05) is 32.4 Å². The van der Waals surface area contributed by atoms with Gasteiger partial charge in [0.15, 0.2) is 0 Å². The second kappa shape index (κ2) is 4.76. The van der Waals surface area contributed by atoms with E-state index < -0.39 is 0 Å². The topological polar surface area (TPSA) is 38.0 Å². The molecule has 1 unspecified atom stereocenters. The second-order valence-electron chi connectivity index (χ2n) is 5.60. The number of aromatic nitrogens is 2. The molecule has 1 rings (SSSR count). The largest absolute Gasteiger partial charge is 0.393 e. The Balaban J connectivity index is 2.73. The van der Waals surface area contributed by atoms with Gasteiger partial charge in [-0.05, 0) is 18.8 Å². The first-order chi connectivity index (χ1) is 7.20. The van der Waals surface area contributed by atoms with Crippen molar-refractivity contribution in [2.24, 2.45) is 12.5 Å². The summed E-state index contributed by atoms with van der Waals surface area (Å²) in [7, 11) is 1.81. The molecule has 0 spiro atoms. The fourth-order valence-electron chi connectivity index (χ4n) is 1.92. The molecule has 1 aromatic rings. The third-order valence-electron chi connectivity index (χ3n) is 2.56. The molecule has 1 aromatic heterocycles. The van der Waals surface area contributed by atoms with Crippen molar-refractivity contribution in [1.29, 1.82) is 0 Å². The molecule has 0 radical (unpaired) electrons. The van der Waals surface area contributed by atoms with Crippen molar-refractivity contribution in [3.63, 3.8) is 0 Å². The summed E-state index contributed by atoms with van der Waals surface area (Å²) < 4.78 is 1.65. The van der Waals surface area contributed by atoms with E-state index >= 15 is 0 Å². The van der Waals surface area contributed by atoms with Gasteiger partial charge in [-0.15, -0.1) is 0 Å². The average molecular weight is 245 g/mol. The van der Waals surface area contributed by atoms with Crippen LogP contribution in [0.3, 0.4) is 0 Å². The summed E-state index contributed by atoms with van der Waals surface area (Å²) >= 11 is 6.12. The zero-order valence-corrected chi connectivity index (χ0v) is 11.5. The lowest BCUT2D eigenvalue weighted by Gasteiger charge is -2.22. The van der Waals surface area contributed by atoms with E-state index in [0.29, 0.717) is 11.6 Å². The van der Waals surface area contributed by atoms with E-state index in [9.17, 15) is 5.11 Å². The molecule has 1 atom stereocenters. The molecule has 92 valence electrons. The molecule has 0 aliphatic heterocycles. The van der Waals surface area contributed by atoms with Crippen molar-refractivity contribution in [2.75, 3.05) is 0 Å². The van der Waals surface area contributed by atoms with Gasteiger partial charge in [-0.3, -0.25) is 4.68 Å². The molecule has 0 bridgehead atoms. The Kier molecular flexibility index (Phi) is 4.02. The van der Waals surface area contributed by atoms with Crippen LogP contribution >= 0.6 is 11.6 Å². The zero-order valence-electron chi connectivity index (χ0n) is 10.7. The molecule has 0 amide bonds. The number of rotatable bonds is 3. The van der Waals surface area contributed by atoms with Gasteiger partial charge in [0, 0.05) is 19.0 Å². The van der Waals surface area contributed by atoms with Crippen molar-refractivity contribution in [3.8, 4) is 0 Å². The average Bonchev–Trinajstić information content (AvgIpc) is 2.29. The van der Waals surface area contributed by atoms with Crippen LogP contribution in [0.5, 0.6) is 0 Å². The fraction of sp³-hybridized carbons (Fsp3) is 0.750. The monoisotopic (exact) mass is 244 g/mol. The van der Waals surface area contributed by atoms with Crippen LogP contribution < -0.4 is 0 Å². The molecule has 0 aromatic carbocycles. The molecular formula is C12H21ClN2O. The first-order valence-electron chi connectivity index (χ1n) is 5.57. The van der Waals surface area contributed by atoms with Crippen LogP contribution in [0.2, 0.25) is 5.15 Å². The number of aryl methyl sites for hydroxylation is 2. The first kappa shape index (κ1) is 13.5. The van der Waals surface area contributed by atoms with Crippen LogP contribution in [-0.4, -0.2) is 21.0 Å². The number of nitrogens with zero attached hydrogens (tertiary/aromatic N) is 2. The summed E-state index contributed by atoms with van der Waals surface area (Å²) in [5, 5.41) is 14.9. The Labute approximate surface area is 102 Å². The van der Waals surface area contributed by atoms with E-state index in [1.54, 1.807) is 4.68 Å². The Bertz CT molecular complexity index is 366. The predicted octanol–water partition coefficient (Wildman–Crippen LogP) is 2.72. The summed E-state index contributed by atoms with van der Waals surface area (Å²) in [6.45, 7) is 8.28. The molecule has 16 heavy (non-hydrogen) atoms. The summed E-state index contributed by atoms with van der Waals surface area (Å²) in [6, 6.07) is 0. The van der Waals surface area contributed by atoms with E-state index in [-0.39, 0.29) is 11.5 Å². The van der Waals surface area contributed by atoms with Crippen LogP contribution in [0.4, 0.5) is 0 Å². The molecule has 1 N–H and O–H groups in total. The van der Waals surface area contributed by atoms with Gasteiger partial charge in [-0.2, -0.15) is 5.10 Å². The minimum absolute atomic E-state index is 0.127. The van der Waals surface area contributed by atoms with Crippen molar-refractivity contribution in [1.82, 2.24) is 9.78 Å². The molecule has 0 aliphatic rings. The van der Waals surface area contributed by atoms with Gasteiger partial charge >= 0.3 is 0 Å². The van der Waals surface area contributed by atoms with Crippen molar-refractivity contribution in [3.05, 3.63) is 16.4 Å². The molecule has 3 nitrogen and oxygen atoms in total. The van der Waals surface area contributed by atoms with Gasteiger partial charge in [0.25, 0.3) is 0 Å². The lowest BCUT2D eigenvalue weighted by Crippen LogP contribution is -2.20.